The molecule has 0 saturated heterocycles. The number of primary amides is 1. The maximum absolute atomic E-state index is 12.4. The van der Waals surface area contributed by atoms with E-state index >= 15 is 0 Å². The van der Waals surface area contributed by atoms with Gasteiger partial charge < -0.3 is 21.1 Å². The fraction of sp³-hybridized carbons (Fsp3) is 0.250. The third-order valence-electron chi connectivity index (χ3n) is 4.22. The molecule has 0 radical (unpaired) electrons. The molecule has 0 heterocycles. The first-order valence-corrected chi connectivity index (χ1v) is 8.65. The summed E-state index contributed by atoms with van der Waals surface area (Å²) in [6.45, 7) is 1.73. The van der Waals surface area contributed by atoms with E-state index in [2.05, 4.69) is 10.6 Å². The quantitative estimate of drug-likeness (QED) is 0.641. The number of nitrogens with two attached hydrogens (primary N) is 1. The van der Waals surface area contributed by atoms with Crippen LogP contribution in [0.15, 0.2) is 48.5 Å². The molecule has 0 unspecified atom stereocenters. The normalized spacial score (nSPS) is 11.6. The summed E-state index contributed by atoms with van der Waals surface area (Å²) >= 11 is 0. The van der Waals surface area contributed by atoms with Gasteiger partial charge in [-0.3, -0.25) is 19.3 Å². The van der Waals surface area contributed by atoms with Crippen LogP contribution < -0.4 is 21.1 Å². The van der Waals surface area contributed by atoms with Crippen LogP contribution in [-0.4, -0.2) is 49.4 Å². The standard InChI is InChI=1S/C20H24N4O4/c1-13(20(27)23-15-9-7-14(8-10-15)19(21)26)24(2)12-18(25)22-16-5-4-6-17(11-16)28-3/h4-11,13H,12H2,1-3H3,(H2,21,26)(H,22,25)(H,23,27)/t13-/m1/s1. The number of ether oxygens (including phenoxy) is 1. The van der Waals surface area contributed by atoms with Crippen molar-refractivity contribution in [1.29, 1.82) is 0 Å². The van der Waals surface area contributed by atoms with Gasteiger partial charge in [-0.1, -0.05) is 6.07 Å². The van der Waals surface area contributed by atoms with E-state index in [4.69, 9.17) is 10.5 Å². The van der Waals surface area contributed by atoms with E-state index in [0.29, 0.717) is 22.7 Å². The Labute approximate surface area is 163 Å². The molecule has 3 amide bonds. The van der Waals surface area contributed by atoms with Crippen molar-refractivity contribution in [3.63, 3.8) is 0 Å². The van der Waals surface area contributed by atoms with Crippen LogP contribution in [0.5, 0.6) is 5.75 Å². The van der Waals surface area contributed by atoms with Crippen LogP contribution in [0.3, 0.4) is 0 Å². The summed E-state index contributed by atoms with van der Waals surface area (Å²) in [5, 5.41) is 5.52. The van der Waals surface area contributed by atoms with Gasteiger partial charge in [-0.05, 0) is 50.4 Å². The Balaban J connectivity index is 1.89. The van der Waals surface area contributed by atoms with Crippen LogP contribution in [0.1, 0.15) is 17.3 Å². The molecule has 0 aromatic heterocycles. The smallest absolute Gasteiger partial charge is 0.248 e. The maximum Gasteiger partial charge on any atom is 0.248 e. The molecule has 148 valence electrons. The summed E-state index contributed by atoms with van der Waals surface area (Å²) in [5.41, 5.74) is 6.70. The highest BCUT2D eigenvalue weighted by Crippen LogP contribution is 2.16. The second-order valence-electron chi connectivity index (χ2n) is 6.30. The lowest BCUT2D eigenvalue weighted by molar-refractivity contribution is -0.122. The largest absolute Gasteiger partial charge is 0.497 e. The number of nitrogens with zero attached hydrogens (tertiary/aromatic N) is 1. The predicted octanol–water partition coefficient (Wildman–Crippen LogP) is 1.69. The van der Waals surface area contributed by atoms with Gasteiger partial charge in [0.2, 0.25) is 17.7 Å². The Morgan fingerprint density at radius 1 is 1.07 bits per heavy atom. The van der Waals surface area contributed by atoms with E-state index in [1.165, 1.54) is 12.1 Å². The summed E-state index contributed by atoms with van der Waals surface area (Å²) in [7, 11) is 3.24. The monoisotopic (exact) mass is 384 g/mol. The van der Waals surface area contributed by atoms with E-state index in [0.717, 1.165) is 0 Å². The highest BCUT2D eigenvalue weighted by atomic mass is 16.5. The van der Waals surface area contributed by atoms with Gasteiger partial charge in [0.25, 0.3) is 0 Å². The summed E-state index contributed by atoms with van der Waals surface area (Å²) in [6, 6.07) is 12.7. The number of nitrogens with one attached hydrogen (secondary N) is 2. The first-order valence-electron chi connectivity index (χ1n) is 8.65. The van der Waals surface area contributed by atoms with E-state index in [9.17, 15) is 14.4 Å². The minimum atomic E-state index is -0.549. The first kappa shape index (κ1) is 20.9. The maximum atomic E-state index is 12.4. The number of carbonyl (C=O) groups is 3. The number of hydrogen-bond acceptors (Lipinski definition) is 5. The van der Waals surface area contributed by atoms with Crippen molar-refractivity contribution in [3.05, 3.63) is 54.1 Å². The van der Waals surface area contributed by atoms with Crippen LogP contribution in [-0.2, 0) is 9.59 Å². The number of benzene rings is 2. The van der Waals surface area contributed by atoms with Crippen LogP contribution in [0, 0.1) is 0 Å². The average molecular weight is 384 g/mol. The van der Waals surface area contributed by atoms with Crippen molar-refractivity contribution in [2.45, 2.75) is 13.0 Å². The van der Waals surface area contributed by atoms with Crippen molar-refractivity contribution < 1.29 is 19.1 Å². The third kappa shape index (κ3) is 5.82. The van der Waals surface area contributed by atoms with E-state index in [1.54, 1.807) is 62.4 Å². The van der Waals surface area contributed by atoms with Crippen LogP contribution in [0.4, 0.5) is 11.4 Å². The lowest BCUT2D eigenvalue weighted by Gasteiger charge is -2.23. The Bertz CT molecular complexity index is 852. The molecular formula is C20H24N4O4. The highest BCUT2D eigenvalue weighted by Gasteiger charge is 2.20. The van der Waals surface area contributed by atoms with Crippen molar-refractivity contribution in [2.24, 2.45) is 5.73 Å². The van der Waals surface area contributed by atoms with Gasteiger partial charge in [0.05, 0.1) is 19.7 Å². The van der Waals surface area contributed by atoms with Crippen LogP contribution >= 0.6 is 0 Å². The number of hydrogen-bond donors (Lipinski definition) is 3. The molecule has 1 atom stereocenters. The highest BCUT2D eigenvalue weighted by molar-refractivity contribution is 5.97. The molecule has 0 aliphatic rings. The van der Waals surface area contributed by atoms with Gasteiger partial charge in [-0.15, -0.1) is 0 Å². The number of methoxy groups -OCH3 is 1. The average Bonchev–Trinajstić information content (AvgIpc) is 2.67. The number of amides is 3. The second-order valence-corrected chi connectivity index (χ2v) is 6.30. The molecular weight excluding hydrogens is 360 g/mol. The molecule has 0 bridgehead atoms. The molecule has 8 heteroatoms. The molecule has 0 aliphatic carbocycles. The van der Waals surface area contributed by atoms with Crippen LogP contribution in [0.2, 0.25) is 0 Å². The molecule has 0 spiro atoms. The summed E-state index contributed by atoms with van der Waals surface area (Å²) in [4.78, 5) is 37.4. The zero-order valence-electron chi connectivity index (χ0n) is 16.1. The molecule has 2 aromatic rings. The number of anilines is 2. The first-order chi connectivity index (χ1) is 13.3. The topological polar surface area (TPSA) is 114 Å². The second kappa shape index (κ2) is 9.52. The number of rotatable bonds is 8. The fourth-order valence-electron chi connectivity index (χ4n) is 2.43. The Hall–Kier alpha value is -3.39. The molecule has 8 nitrogen and oxygen atoms in total. The minimum absolute atomic E-state index is 0.0341. The summed E-state index contributed by atoms with van der Waals surface area (Å²) < 4.78 is 5.12. The molecule has 4 N–H and O–H groups in total. The summed E-state index contributed by atoms with van der Waals surface area (Å²) in [5.74, 6) is -0.418. The third-order valence-corrected chi connectivity index (χ3v) is 4.22. The molecule has 2 rings (SSSR count). The summed E-state index contributed by atoms with van der Waals surface area (Å²) in [6.07, 6.45) is 0. The Morgan fingerprint density at radius 3 is 2.36 bits per heavy atom. The van der Waals surface area contributed by atoms with E-state index < -0.39 is 11.9 Å². The Morgan fingerprint density at radius 2 is 1.75 bits per heavy atom. The van der Waals surface area contributed by atoms with Crippen LogP contribution in [0.25, 0.3) is 0 Å². The zero-order chi connectivity index (χ0) is 20.7. The fourth-order valence-corrected chi connectivity index (χ4v) is 2.43. The molecule has 0 saturated carbocycles. The van der Waals surface area contributed by atoms with E-state index in [-0.39, 0.29) is 18.4 Å². The van der Waals surface area contributed by atoms with Gasteiger partial charge >= 0.3 is 0 Å². The van der Waals surface area contributed by atoms with E-state index in [1.807, 2.05) is 0 Å². The predicted molar refractivity (Wildman–Crippen MR) is 107 cm³/mol. The zero-order valence-corrected chi connectivity index (χ0v) is 16.1. The molecule has 0 fully saturated rings. The van der Waals surface area contributed by atoms with Gasteiger partial charge in [-0.25, -0.2) is 0 Å². The lowest BCUT2D eigenvalue weighted by Crippen LogP contribution is -2.43. The van der Waals surface area contributed by atoms with Gasteiger partial charge in [-0.2, -0.15) is 0 Å². The molecule has 28 heavy (non-hydrogen) atoms. The Kier molecular flexibility index (Phi) is 7.11. The van der Waals surface area contributed by atoms with Gasteiger partial charge in [0, 0.05) is 23.0 Å². The SMILES string of the molecule is COc1cccc(NC(=O)CN(C)[C@H](C)C(=O)Nc2ccc(C(N)=O)cc2)c1. The van der Waals surface area contributed by atoms with Crippen molar-refractivity contribution in [2.75, 3.05) is 31.3 Å². The number of carbonyl (C=O) groups excluding carboxylic acids is 3. The van der Waals surface area contributed by atoms with Crippen molar-refractivity contribution in [1.82, 2.24) is 4.90 Å². The van der Waals surface area contributed by atoms with Crippen molar-refractivity contribution in [3.8, 4) is 5.75 Å². The van der Waals surface area contributed by atoms with Gasteiger partial charge in [0.15, 0.2) is 0 Å². The number of likely N-dealkylation sites (N-methyl/N-ethyl adjacent to an activating group) is 1. The minimum Gasteiger partial charge on any atom is -0.497 e. The lowest BCUT2D eigenvalue weighted by atomic mass is 10.2. The molecule has 2 aromatic carbocycles. The van der Waals surface area contributed by atoms with Gasteiger partial charge in [0.1, 0.15) is 5.75 Å². The van der Waals surface area contributed by atoms with Crippen molar-refractivity contribution >= 4 is 29.1 Å². The molecule has 0 aliphatic heterocycles.